The summed E-state index contributed by atoms with van der Waals surface area (Å²) in [6.07, 6.45) is -3.56. The summed E-state index contributed by atoms with van der Waals surface area (Å²) in [6, 6.07) is 9.60. The molecule has 0 aliphatic rings. The van der Waals surface area contributed by atoms with Gasteiger partial charge in [0.15, 0.2) is 0 Å². The van der Waals surface area contributed by atoms with Crippen LogP contribution in [0.25, 0.3) is 6.08 Å². The van der Waals surface area contributed by atoms with Gasteiger partial charge < -0.3 is 4.74 Å². The largest absolute Gasteiger partial charge is 0.449 e. The lowest BCUT2D eigenvalue weighted by molar-refractivity contribution is -0.385. The highest BCUT2D eigenvalue weighted by molar-refractivity contribution is 9.10. The van der Waals surface area contributed by atoms with Crippen LogP contribution in [0.15, 0.2) is 46.4 Å². The van der Waals surface area contributed by atoms with Gasteiger partial charge in [0.25, 0.3) is 0 Å². The van der Waals surface area contributed by atoms with Crippen molar-refractivity contribution in [1.82, 2.24) is 0 Å². The van der Waals surface area contributed by atoms with Gasteiger partial charge in [0, 0.05) is 16.1 Å². The number of benzene rings is 2. The summed E-state index contributed by atoms with van der Waals surface area (Å²) in [6.45, 7) is 0. The average molecular weight is 438 g/mol. The van der Waals surface area contributed by atoms with E-state index in [2.05, 4.69) is 15.9 Å². The third kappa shape index (κ3) is 4.84. The van der Waals surface area contributed by atoms with Crippen LogP contribution in [0.5, 0.6) is 11.5 Å². The number of rotatable bonds is 4. The van der Waals surface area contributed by atoms with Crippen LogP contribution in [0.2, 0.25) is 0 Å². The number of nitriles is 2. The van der Waals surface area contributed by atoms with Gasteiger partial charge in [-0.15, -0.1) is 0 Å². The van der Waals surface area contributed by atoms with Gasteiger partial charge in [0.2, 0.25) is 5.75 Å². The normalized spacial score (nSPS) is 10.4. The minimum absolute atomic E-state index is 0.0176. The second-order valence-electron chi connectivity index (χ2n) is 5.00. The van der Waals surface area contributed by atoms with Crippen LogP contribution < -0.4 is 4.74 Å². The molecular weight excluding hydrogens is 431 g/mol. The summed E-state index contributed by atoms with van der Waals surface area (Å²) in [5, 5.41) is 28.9. The fourth-order valence-electron chi connectivity index (χ4n) is 2.01. The Hall–Kier alpha value is -3.37. The molecule has 0 amide bonds. The van der Waals surface area contributed by atoms with Gasteiger partial charge in [-0.25, -0.2) is 0 Å². The zero-order valence-corrected chi connectivity index (χ0v) is 14.7. The van der Waals surface area contributed by atoms with E-state index in [9.17, 15) is 23.3 Å². The molecule has 0 fully saturated rings. The van der Waals surface area contributed by atoms with E-state index < -0.39 is 28.1 Å². The molecular formula is C17H7BrF3N3O3. The Labute approximate surface area is 159 Å². The van der Waals surface area contributed by atoms with Gasteiger partial charge in [-0.05, 0) is 36.4 Å². The van der Waals surface area contributed by atoms with E-state index in [1.54, 1.807) is 12.1 Å². The molecule has 0 saturated carbocycles. The molecule has 27 heavy (non-hydrogen) atoms. The predicted octanol–water partition coefficient (Wildman–Crippen LogP) is 5.60. The topological polar surface area (TPSA) is 100.0 Å². The number of nitrogens with zero attached hydrogens (tertiary/aromatic N) is 3. The highest BCUT2D eigenvalue weighted by atomic mass is 79.9. The van der Waals surface area contributed by atoms with Crippen LogP contribution in [0.1, 0.15) is 11.1 Å². The van der Waals surface area contributed by atoms with Crippen molar-refractivity contribution in [3.63, 3.8) is 0 Å². The number of nitro groups is 1. The zero-order valence-electron chi connectivity index (χ0n) is 13.1. The van der Waals surface area contributed by atoms with Gasteiger partial charge in [-0.1, -0.05) is 15.9 Å². The number of nitro benzene ring substituents is 1. The summed E-state index contributed by atoms with van der Waals surface area (Å²) in [4.78, 5) is 10.2. The van der Waals surface area contributed by atoms with E-state index in [4.69, 9.17) is 15.3 Å². The monoisotopic (exact) mass is 437 g/mol. The summed E-state index contributed by atoms with van der Waals surface area (Å²) in [5.74, 6) is -0.399. The van der Waals surface area contributed by atoms with Crippen molar-refractivity contribution in [2.75, 3.05) is 0 Å². The van der Waals surface area contributed by atoms with Gasteiger partial charge >= 0.3 is 11.9 Å². The van der Waals surface area contributed by atoms with Crippen LogP contribution in [0.4, 0.5) is 18.9 Å². The molecule has 2 rings (SSSR count). The Kier molecular flexibility index (Phi) is 5.83. The Balaban J connectivity index is 2.55. The number of alkyl halides is 3. The first-order valence-electron chi connectivity index (χ1n) is 7.00. The van der Waals surface area contributed by atoms with E-state index in [0.717, 1.165) is 6.07 Å². The lowest BCUT2D eigenvalue weighted by atomic mass is 10.1. The lowest BCUT2D eigenvalue weighted by Crippen LogP contribution is -2.06. The van der Waals surface area contributed by atoms with Crippen molar-refractivity contribution < 1.29 is 22.8 Å². The highest BCUT2D eigenvalue weighted by Gasteiger charge is 2.33. The van der Waals surface area contributed by atoms with Crippen molar-refractivity contribution in [2.24, 2.45) is 0 Å². The molecule has 2 aromatic carbocycles. The Morgan fingerprint density at radius 2 is 1.78 bits per heavy atom. The molecule has 0 radical (unpaired) electrons. The van der Waals surface area contributed by atoms with Gasteiger partial charge in [-0.3, -0.25) is 10.1 Å². The standard InChI is InChI=1S/C17H7BrF3N3O3/c18-13-2-4-15(11(6-13)5-10(8-22)9-23)27-16-3-1-12(17(19,20)21)7-14(16)24(25)26/h1-7H. The molecule has 0 N–H and O–H groups in total. The zero-order chi connectivity index (χ0) is 20.2. The summed E-state index contributed by atoms with van der Waals surface area (Å²) in [7, 11) is 0. The average Bonchev–Trinajstić information content (AvgIpc) is 2.60. The minimum Gasteiger partial charge on any atom is -0.449 e. The molecule has 136 valence electrons. The predicted molar refractivity (Wildman–Crippen MR) is 91.5 cm³/mol. The molecule has 0 unspecified atom stereocenters. The Morgan fingerprint density at radius 1 is 1.15 bits per heavy atom. The number of ether oxygens (including phenoxy) is 1. The maximum absolute atomic E-state index is 12.8. The summed E-state index contributed by atoms with van der Waals surface area (Å²) >= 11 is 3.20. The highest BCUT2D eigenvalue weighted by Crippen LogP contribution is 2.39. The summed E-state index contributed by atoms with van der Waals surface area (Å²) in [5.41, 5.74) is -2.08. The van der Waals surface area contributed by atoms with Gasteiger partial charge in [0.1, 0.15) is 23.5 Å². The van der Waals surface area contributed by atoms with Crippen LogP contribution in [-0.2, 0) is 6.18 Å². The molecule has 0 atom stereocenters. The lowest BCUT2D eigenvalue weighted by Gasteiger charge is -2.12. The minimum atomic E-state index is -4.75. The number of halogens is 4. The third-order valence-electron chi connectivity index (χ3n) is 3.22. The molecule has 0 heterocycles. The number of hydrogen-bond donors (Lipinski definition) is 0. The van der Waals surface area contributed by atoms with Crippen LogP contribution in [0.3, 0.4) is 0 Å². The maximum Gasteiger partial charge on any atom is 0.416 e. The summed E-state index contributed by atoms with van der Waals surface area (Å²) < 4.78 is 44.3. The van der Waals surface area contributed by atoms with E-state index in [1.807, 2.05) is 0 Å². The first-order valence-corrected chi connectivity index (χ1v) is 7.80. The van der Waals surface area contributed by atoms with Crippen molar-refractivity contribution in [1.29, 1.82) is 10.5 Å². The molecule has 10 heteroatoms. The van der Waals surface area contributed by atoms with Crippen molar-refractivity contribution in [3.05, 3.63) is 67.7 Å². The van der Waals surface area contributed by atoms with Gasteiger partial charge in [-0.2, -0.15) is 23.7 Å². The maximum atomic E-state index is 12.8. The first kappa shape index (κ1) is 19.9. The van der Waals surface area contributed by atoms with Crippen LogP contribution in [-0.4, -0.2) is 4.92 Å². The molecule has 0 aromatic heterocycles. The molecule has 0 saturated heterocycles. The van der Waals surface area contributed by atoms with E-state index >= 15 is 0 Å². The Morgan fingerprint density at radius 3 is 2.33 bits per heavy atom. The molecule has 0 bridgehead atoms. The van der Waals surface area contributed by atoms with E-state index in [1.165, 1.54) is 24.3 Å². The van der Waals surface area contributed by atoms with E-state index in [0.29, 0.717) is 16.6 Å². The van der Waals surface area contributed by atoms with Crippen LogP contribution >= 0.6 is 15.9 Å². The first-order chi connectivity index (χ1) is 12.7. The molecule has 0 spiro atoms. The fraction of sp³-hybridized carbons (Fsp3) is 0.0588. The second kappa shape index (κ2) is 7.89. The second-order valence-corrected chi connectivity index (χ2v) is 5.92. The molecule has 0 aliphatic carbocycles. The smallest absolute Gasteiger partial charge is 0.416 e. The Bertz CT molecular complexity index is 1000. The third-order valence-corrected chi connectivity index (χ3v) is 3.71. The molecule has 0 aliphatic heterocycles. The van der Waals surface area contributed by atoms with Crippen molar-refractivity contribution in [3.8, 4) is 23.6 Å². The van der Waals surface area contributed by atoms with Crippen molar-refractivity contribution in [2.45, 2.75) is 6.18 Å². The van der Waals surface area contributed by atoms with Crippen LogP contribution in [0, 0.1) is 32.8 Å². The molecule has 2 aromatic rings. The van der Waals surface area contributed by atoms with Gasteiger partial charge in [0.05, 0.1) is 10.5 Å². The fourth-order valence-corrected chi connectivity index (χ4v) is 2.39. The van der Waals surface area contributed by atoms with E-state index in [-0.39, 0.29) is 16.9 Å². The number of hydrogen-bond acceptors (Lipinski definition) is 5. The molecule has 6 nitrogen and oxygen atoms in total. The quantitative estimate of drug-likeness (QED) is 0.352. The van der Waals surface area contributed by atoms with Crippen molar-refractivity contribution >= 4 is 27.7 Å². The SMILES string of the molecule is N#CC(C#N)=Cc1cc(Br)ccc1Oc1ccc(C(F)(F)F)cc1[N+](=O)[O-]. The number of allylic oxidation sites excluding steroid dienone is 1.